The quantitative estimate of drug-likeness (QED) is 0.575. The van der Waals surface area contributed by atoms with E-state index in [9.17, 15) is 9.59 Å². The molecule has 0 unspecified atom stereocenters. The minimum Gasteiger partial charge on any atom is -0.396 e. The lowest BCUT2D eigenvalue weighted by atomic mass is 9.64. The van der Waals surface area contributed by atoms with Gasteiger partial charge in [-0.25, -0.2) is 0 Å². The van der Waals surface area contributed by atoms with Gasteiger partial charge in [0.1, 0.15) is 0 Å². The van der Waals surface area contributed by atoms with Crippen molar-refractivity contribution >= 4 is 11.8 Å². The third-order valence-corrected chi connectivity index (χ3v) is 7.95. The Morgan fingerprint density at radius 2 is 1.81 bits per heavy atom. The molecule has 1 saturated heterocycles. The fourth-order valence-electron chi connectivity index (χ4n) is 5.50. The highest BCUT2D eigenvalue weighted by Crippen LogP contribution is 2.52. The Bertz CT molecular complexity index is 783. The molecule has 0 atom stereocenters. The van der Waals surface area contributed by atoms with Gasteiger partial charge in [-0.05, 0) is 63.6 Å². The van der Waals surface area contributed by atoms with Crippen LogP contribution in [0.4, 0.5) is 0 Å². The Morgan fingerprint density at radius 1 is 1.16 bits per heavy atom. The van der Waals surface area contributed by atoms with Gasteiger partial charge in [-0.3, -0.25) is 14.5 Å². The molecule has 1 aliphatic carbocycles. The van der Waals surface area contributed by atoms with Crippen molar-refractivity contribution in [2.75, 3.05) is 40.3 Å². The van der Waals surface area contributed by atoms with Crippen LogP contribution < -0.4 is 5.32 Å². The monoisotopic (exact) mass is 443 g/mol. The van der Waals surface area contributed by atoms with Crippen LogP contribution in [0.3, 0.4) is 0 Å². The van der Waals surface area contributed by atoms with Crippen LogP contribution in [0.25, 0.3) is 0 Å². The fourth-order valence-corrected chi connectivity index (χ4v) is 5.50. The van der Waals surface area contributed by atoms with Crippen molar-refractivity contribution in [3.05, 3.63) is 35.9 Å². The van der Waals surface area contributed by atoms with E-state index in [4.69, 9.17) is 5.11 Å². The largest absolute Gasteiger partial charge is 0.396 e. The molecule has 2 aliphatic rings. The summed E-state index contributed by atoms with van der Waals surface area (Å²) in [5.41, 5.74) is 0.942. The normalized spacial score (nSPS) is 26.2. The number of benzene rings is 1. The van der Waals surface area contributed by atoms with Gasteiger partial charge in [-0.15, -0.1) is 0 Å². The molecule has 3 rings (SSSR count). The molecule has 1 spiro atoms. The van der Waals surface area contributed by atoms with Crippen LogP contribution in [-0.4, -0.2) is 67.1 Å². The highest BCUT2D eigenvalue weighted by atomic mass is 16.3. The van der Waals surface area contributed by atoms with Crippen molar-refractivity contribution in [2.24, 2.45) is 10.8 Å². The lowest BCUT2D eigenvalue weighted by molar-refractivity contribution is -0.132. The smallest absolute Gasteiger partial charge is 0.225 e. The second-order valence-corrected chi connectivity index (χ2v) is 10.8. The Kier molecular flexibility index (Phi) is 7.66. The number of likely N-dealkylation sites (tertiary alicyclic amines) is 1. The first-order valence-corrected chi connectivity index (χ1v) is 12.0. The summed E-state index contributed by atoms with van der Waals surface area (Å²) >= 11 is 0. The maximum absolute atomic E-state index is 12.9. The highest BCUT2D eigenvalue weighted by Gasteiger charge is 2.50. The second-order valence-electron chi connectivity index (χ2n) is 10.8. The van der Waals surface area contributed by atoms with E-state index in [1.165, 1.54) is 5.56 Å². The zero-order chi connectivity index (χ0) is 23.4. The Hall–Kier alpha value is -1.92. The fraction of sp³-hybridized carbons (Fsp3) is 0.692. The zero-order valence-electron chi connectivity index (χ0n) is 20.3. The lowest BCUT2D eigenvalue weighted by Gasteiger charge is -2.49. The van der Waals surface area contributed by atoms with Gasteiger partial charge in [-0.2, -0.15) is 0 Å². The number of amides is 2. The van der Waals surface area contributed by atoms with Gasteiger partial charge in [0.15, 0.2) is 0 Å². The first kappa shape index (κ1) is 24.7. The molecule has 2 fully saturated rings. The number of hydrogen-bond acceptors (Lipinski definition) is 4. The van der Waals surface area contributed by atoms with Crippen LogP contribution in [-0.2, 0) is 15.1 Å². The molecule has 1 aromatic rings. The van der Waals surface area contributed by atoms with E-state index >= 15 is 0 Å². The number of nitrogens with one attached hydrogen (secondary N) is 1. The van der Waals surface area contributed by atoms with Crippen LogP contribution in [0.2, 0.25) is 0 Å². The molecule has 2 N–H and O–H groups in total. The molecule has 1 heterocycles. The maximum atomic E-state index is 12.9. The number of nitrogens with zero attached hydrogens (tertiary/aromatic N) is 2. The summed E-state index contributed by atoms with van der Waals surface area (Å²) in [6.45, 7) is 5.86. The van der Waals surface area contributed by atoms with E-state index in [0.29, 0.717) is 32.4 Å². The highest BCUT2D eigenvalue weighted by molar-refractivity contribution is 5.82. The molecule has 0 aromatic heterocycles. The summed E-state index contributed by atoms with van der Waals surface area (Å²) in [6.07, 6.45) is 6.06. The molecule has 0 radical (unpaired) electrons. The van der Waals surface area contributed by atoms with Crippen molar-refractivity contribution in [1.82, 2.24) is 15.1 Å². The summed E-state index contributed by atoms with van der Waals surface area (Å²) in [5.74, 6) is 0.224. The molecule has 6 nitrogen and oxygen atoms in total. The minimum absolute atomic E-state index is 0.0106. The third kappa shape index (κ3) is 5.18. The van der Waals surface area contributed by atoms with E-state index in [-0.39, 0.29) is 29.4 Å². The van der Waals surface area contributed by atoms with Gasteiger partial charge in [0.2, 0.25) is 11.8 Å². The minimum atomic E-state index is -0.536. The van der Waals surface area contributed by atoms with Crippen molar-refractivity contribution in [3.63, 3.8) is 0 Å². The van der Waals surface area contributed by atoms with Gasteiger partial charge in [0.25, 0.3) is 0 Å². The number of carbonyl (C=O) groups is 2. The molecule has 2 amide bonds. The summed E-state index contributed by atoms with van der Waals surface area (Å²) in [4.78, 5) is 29.7. The third-order valence-electron chi connectivity index (χ3n) is 7.95. The molecule has 1 aliphatic heterocycles. The van der Waals surface area contributed by atoms with Crippen LogP contribution in [0.15, 0.2) is 30.3 Å². The predicted octanol–water partition coefficient (Wildman–Crippen LogP) is 3.15. The molecule has 32 heavy (non-hydrogen) atoms. The van der Waals surface area contributed by atoms with Gasteiger partial charge in [0, 0.05) is 43.6 Å². The van der Waals surface area contributed by atoms with E-state index < -0.39 is 5.41 Å². The standard InChI is InChI=1S/C26H41N3O3/c1-24(2,23(32)27-16-8-18-30)15-17-29-20-25(19-22(29)31)11-13-26(14-12-25,28(3)4)21-9-6-5-7-10-21/h5-7,9-10,30H,8,11-20H2,1-4H3,(H,27,32)/t25-,26-. The van der Waals surface area contributed by atoms with Gasteiger partial charge < -0.3 is 15.3 Å². The van der Waals surface area contributed by atoms with Crippen molar-refractivity contribution in [3.8, 4) is 0 Å². The van der Waals surface area contributed by atoms with E-state index in [2.05, 4.69) is 54.6 Å². The van der Waals surface area contributed by atoms with Crippen LogP contribution in [0.5, 0.6) is 0 Å². The topological polar surface area (TPSA) is 72.9 Å². The predicted molar refractivity (Wildman–Crippen MR) is 127 cm³/mol. The molecular weight excluding hydrogens is 402 g/mol. The maximum Gasteiger partial charge on any atom is 0.225 e. The molecule has 6 heteroatoms. The van der Waals surface area contributed by atoms with Crippen LogP contribution in [0.1, 0.15) is 64.4 Å². The molecule has 0 bridgehead atoms. The number of aliphatic hydroxyl groups excluding tert-OH is 1. The van der Waals surface area contributed by atoms with E-state index in [1.54, 1.807) is 0 Å². The average molecular weight is 444 g/mol. The van der Waals surface area contributed by atoms with Gasteiger partial charge in [-0.1, -0.05) is 44.2 Å². The van der Waals surface area contributed by atoms with E-state index in [0.717, 1.165) is 32.2 Å². The summed E-state index contributed by atoms with van der Waals surface area (Å²) in [5, 5.41) is 11.8. The van der Waals surface area contributed by atoms with Crippen molar-refractivity contribution in [1.29, 1.82) is 0 Å². The second kappa shape index (κ2) is 9.92. The van der Waals surface area contributed by atoms with Crippen LogP contribution >= 0.6 is 0 Å². The van der Waals surface area contributed by atoms with E-state index in [1.807, 2.05) is 18.7 Å². The SMILES string of the molecule is CN(C)[C@]1(c2ccccc2)CC[C@@]2(CC1)CC(=O)N(CCC(C)(C)C(=O)NCCCO)C2. The van der Waals surface area contributed by atoms with Gasteiger partial charge in [0.05, 0.1) is 0 Å². The van der Waals surface area contributed by atoms with Crippen LogP contribution in [0, 0.1) is 10.8 Å². The Labute approximate surface area is 193 Å². The number of rotatable bonds is 9. The molecule has 178 valence electrons. The zero-order valence-corrected chi connectivity index (χ0v) is 20.3. The number of hydrogen-bond donors (Lipinski definition) is 2. The number of aliphatic hydroxyl groups is 1. The molecule has 1 saturated carbocycles. The molecular formula is C26H41N3O3. The lowest BCUT2D eigenvalue weighted by Crippen LogP contribution is -2.47. The van der Waals surface area contributed by atoms with Crippen molar-refractivity contribution in [2.45, 2.75) is 64.3 Å². The average Bonchev–Trinajstić information content (AvgIpc) is 3.08. The Balaban J connectivity index is 1.59. The summed E-state index contributed by atoms with van der Waals surface area (Å²) in [6, 6.07) is 10.8. The number of carbonyl (C=O) groups excluding carboxylic acids is 2. The van der Waals surface area contributed by atoms with Crippen molar-refractivity contribution < 1.29 is 14.7 Å². The Morgan fingerprint density at radius 3 is 2.41 bits per heavy atom. The van der Waals surface area contributed by atoms with Gasteiger partial charge >= 0.3 is 0 Å². The summed E-state index contributed by atoms with van der Waals surface area (Å²) in [7, 11) is 4.34. The first-order valence-electron chi connectivity index (χ1n) is 12.0. The molecule has 1 aromatic carbocycles. The summed E-state index contributed by atoms with van der Waals surface area (Å²) < 4.78 is 0. The first-order chi connectivity index (χ1) is 15.1.